The van der Waals surface area contributed by atoms with E-state index in [0.717, 1.165) is 0 Å². The number of cyclic esters (lactones) is 1. The third-order valence-electron chi connectivity index (χ3n) is 4.49. The van der Waals surface area contributed by atoms with Gasteiger partial charge < -0.3 is 24.5 Å². The summed E-state index contributed by atoms with van der Waals surface area (Å²) >= 11 is 7.93. The number of hydrogen-bond donors (Lipinski definition) is 1. The molecule has 1 saturated heterocycles. The number of rotatable bonds is 7. The average molecular weight is 533 g/mol. The Morgan fingerprint density at radius 2 is 2.25 bits per heavy atom. The van der Waals surface area contributed by atoms with E-state index in [2.05, 4.69) is 31.2 Å². The Kier molecular flexibility index (Phi) is 10.6. The van der Waals surface area contributed by atoms with Crippen LogP contribution in [-0.2, 0) is 19.0 Å². The van der Waals surface area contributed by atoms with Crippen LogP contribution in [0.2, 0.25) is 0 Å². The second-order valence-electron chi connectivity index (χ2n) is 6.65. The third kappa shape index (κ3) is 7.59. The van der Waals surface area contributed by atoms with Gasteiger partial charge >= 0.3 is 12.1 Å². The van der Waals surface area contributed by atoms with Crippen LogP contribution in [0, 0.1) is 5.82 Å². The summed E-state index contributed by atoms with van der Waals surface area (Å²) in [6.45, 7) is 3.86. The first-order chi connectivity index (χ1) is 15.4. The maximum atomic E-state index is 14.5. The fraction of sp³-hybridized carbons (Fsp3) is 0.500. The topological polar surface area (TPSA) is 92.7 Å². The van der Waals surface area contributed by atoms with Crippen molar-refractivity contribution in [3.05, 3.63) is 24.0 Å². The van der Waals surface area contributed by atoms with Gasteiger partial charge in [0.25, 0.3) is 0 Å². The SMILES string of the molecule is CCOC(=O)CBr.COC(=S)CC[C@H]1CN(c2ccc(N3C=NNCC3)c(F)c2)C(=O)O1. The lowest BCUT2D eigenvalue weighted by atomic mass is 10.2. The van der Waals surface area contributed by atoms with Crippen molar-refractivity contribution in [3.8, 4) is 0 Å². The minimum Gasteiger partial charge on any atom is -0.490 e. The lowest BCUT2D eigenvalue weighted by Crippen LogP contribution is -2.35. The number of amides is 1. The summed E-state index contributed by atoms with van der Waals surface area (Å²) in [6, 6.07) is 4.69. The quantitative estimate of drug-likeness (QED) is 0.325. The lowest BCUT2D eigenvalue weighted by molar-refractivity contribution is -0.139. The number of anilines is 2. The number of halogens is 2. The normalized spacial score (nSPS) is 17.1. The minimum atomic E-state index is -0.482. The molecule has 12 heteroatoms. The van der Waals surface area contributed by atoms with Crippen LogP contribution >= 0.6 is 28.1 Å². The Bertz CT molecular complexity index is 844. The van der Waals surface area contributed by atoms with Crippen LogP contribution in [-0.4, -0.2) is 68.2 Å². The fourth-order valence-electron chi connectivity index (χ4n) is 2.95. The molecule has 2 aliphatic heterocycles. The van der Waals surface area contributed by atoms with Crippen molar-refractivity contribution in [2.45, 2.75) is 25.9 Å². The van der Waals surface area contributed by atoms with E-state index in [0.29, 0.717) is 60.8 Å². The summed E-state index contributed by atoms with van der Waals surface area (Å²) in [5.41, 5.74) is 3.70. The van der Waals surface area contributed by atoms with E-state index in [4.69, 9.17) is 21.7 Å². The monoisotopic (exact) mass is 532 g/mol. The number of thiocarbonyl (C=S) groups is 1. The van der Waals surface area contributed by atoms with Gasteiger partial charge in [0, 0.05) is 13.0 Å². The number of esters is 1. The molecule has 32 heavy (non-hydrogen) atoms. The fourth-order valence-corrected chi connectivity index (χ4v) is 3.23. The van der Waals surface area contributed by atoms with Gasteiger partial charge in [-0.05, 0) is 43.8 Å². The van der Waals surface area contributed by atoms with E-state index in [1.165, 1.54) is 18.1 Å². The number of hydrazone groups is 1. The number of alkyl halides is 1. The van der Waals surface area contributed by atoms with E-state index >= 15 is 0 Å². The average Bonchev–Trinajstić information content (AvgIpc) is 3.19. The van der Waals surface area contributed by atoms with Crippen molar-refractivity contribution in [1.82, 2.24) is 5.43 Å². The zero-order valence-electron chi connectivity index (χ0n) is 17.9. The summed E-state index contributed by atoms with van der Waals surface area (Å²) < 4.78 is 29.2. The lowest BCUT2D eigenvalue weighted by Gasteiger charge is -2.24. The Hall–Kier alpha value is -2.47. The van der Waals surface area contributed by atoms with Crippen molar-refractivity contribution < 1.29 is 28.2 Å². The molecule has 1 aromatic carbocycles. The van der Waals surface area contributed by atoms with Gasteiger partial charge in [-0.15, -0.1) is 0 Å². The molecule has 176 valence electrons. The highest BCUT2D eigenvalue weighted by Gasteiger charge is 2.32. The highest BCUT2D eigenvalue weighted by Crippen LogP contribution is 2.28. The van der Waals surface area contributed by atoms with Gasteiger partial charge in [0.15, 0.2) is 5.05 Å². The molecule has 1 aromatic rings. The first kappa shape index (κ1) is 25.8. The van der Waals surface area contributed by atoms with Crippen LogP contribution in [0.4, 0.5) is 20.6 Å². The molecule has 1 amide bonds. The summed E-state index contributed by atoms with van der Waals surface area (Å²) in [6.07, 6.45) is 1.88. The molecule has 0 spiro atoms. The zero-order chi connectivity index (χ0) is 23.5. The van der Waals surface area contributed by atoms with Crippen molar-refractivity contribution in [3.63, 3.8) is 0 Å². The molecular weight excluding hydrogens is 507 g/mol. The van der Waals surface area contributed by atoms with Gasteiger partial charge in [-0.25, -0.2) is 9.18 Å². The zero-order valence-corrected chi connectivity index (χ0v) is 20.3. The number of benzene rings is 1. The molecule has 2 aliphatic rings. The first-order valence-electron chi connectivity index (χ1n) is 9.98. The van der Waals surface area contributed by atoms with Crippen molar-refractivity contribution in [2.24, 2.45) is 5.10 Å². The molecule has 0 radical (unpaired) electrons. The van der Waals surface area contributed by atoms with Gasteiger partial charge in [0.05, 0.1) is 38.2 Å². The molecule has 0 aliphatic carbocycles. The number of ether oxygens (including phenoxy) is 3. The number of carbonyl (C=O) groups excluding carboxylic acids is 2. The van der Waals surface area contributed by atoms with Crippen LogP contribution < -0.4 is 15.2 Å². The molecular formula is C20H26BrFN4O5S. The van der Waals surface area contributed by atoms with Gasteiger partial charge in [-0.1, -0.05) is 15.9 Å². The Morgan fingerprint density at radius 3 is 2.81 bits per heavy atom. The summed E-state index contributed by atoms with van der Waals surface area (Å²) in [7, 11) is 1.52. The summed E-state index contributed by atoms with van der Waals surface area (Å²) in [4.78, 5) is 25.4. The van der Waals surface area contributed by atoms with Crippen LogP contribution in [0.25, 0.3) is 0 Å². The maximum absolute atomic E-state index is 14.5. The molecule has 2 heterocycles. The number of hydrogen-bond acceptors (Lipinski definition) is 9. The molecule has 9 nitrogen and oxygen atoms in total. The summed E-state index contributed by atoms with van der Waals surface area (Å²) in [5.74, 6) is -0.620. The number of methoxy groups -OCH3 is 1. The van der Waals surface area contributed by atoms with E-state index in [1.807, 2.05) is 0 Å². The van der Waals surface area contributed by atoms with Crippen molar-refractivity contribution in [1.29, 1.82) is 0 Å². The molecule has 0 aromatic heterocycles. The second kappa shape index (κ2) is 13.2. The van der Waals surface area contributed by atoms with Gasteiger partial charge in [0.1, 0.15) is 23.6 Å². The Labute approximate surface area is 200 Å². The smallest absolute Gasteiger partial charge is 0.414 e. The number of nitrogens with one attached hydrogen (secondary N) is 1. The second-order valence-corrected chi connectivity index (χ2v) is 7.67. The highest BCUT2D eigenvalue weighted by atomic mass is 79.9. The number of carbonyl (C=O) groups is 2. The highest BCUT2D eigenvalue weighted by molar-refractivity contribution is 9.09. The van der Waals surface area contributed by atoms with Crippen molar-refractivity contribution >= 4 is 63.0 Å². The molecule has 1 N–H and O–H groups in total. The molecule has 0 saturated carbocycles. The van der Waals surface area contributed by atoms with Crippen LogP contribution in [0.5, 0.6) is 0 Å². The summed E-state index contributed by atoms with van der Waals surface area (Å²) in [5, 5.41) is 4.69. The van der Waals surface area contributed by atoms with E-state index in [-0.39, 0.29) is 12.1 Å². The van der Waals surface area contributed by atoms with E-state index in [1.54, 1.807) is 30.3 Å². The van der Waals surface area contributed by atoms with Crippen LogP contribution in [0.15, 0.2) is 23.3 Å². The molecule has 1 fully saturated rings. The van der Waals surface area contributed by atoms with Crippen molar-refractivity contribution in [2.75, 3.05) is 48.5 Å². The molecule has 1 atom stereocenters. The number of nitrogens with zero attached hydrogens (tertiary/aromatic N) is 3. The third-order valence-corrected chi connectivity index (χ3v) is 5.32. The van der Waals surface area contributed by atoms with Crippen LogP contribution in [0.3, 0.4) is 0 Å². The van der Waals surface area contributed by atoms with E-state index < -0.39 is 11.9 Å². The molecule has 0 unspecified atom stereocenters. The first-order valence-corrected chi connectivity index (χ1v) is 11.5. The minimum absolute atomic E-state index is 0.206. The van der Waals surface area contributed by atoms with Gasteiger partial charge in [0.2, 0.25) is 0 Å². The standard InChI is InChI=1S/C16H19FN4O3S.C4H7BrO2/c1-23-15(25)5-3-12-9-21(16(22)24-12)11-2-4-14(13(17)8-11)20-7-6-18-19-10-20;1-2-7-4(6)3-5/h2,4,8,10,12,18H,3,5-7,9H2,1H3;2-3H2,1H3/t12-;/m0./s1. The van der Waals surface area contributed by atoms with Crippen LogP contribution in [0.1, 0.15) is 19.8 Å². The largest absolute Gasteiger partial charge is 0.490 e. The molecule has 0 bridgehead atoms. The predicted octanol–water partition coefficient (Wildman–Crippen LogP) is 3.20. The predicted molar refractivity (Wildman–Crippen MR) is 127 cm³/mol. The van der Waals surface area contributed by atoms with Gasteiger partial charge in [-0.2, -0.15) is 5.10 Å². The maximum Gasteiger partial charge on any atom is 0.414 e. The molecule has 3 rings (SSSR count). The van der Waals surface area contributed by atoms with E-state index in [9.17, 15) is 14.0 Å². The van der Waals surface area contributed by atoms with Gasteiger partial charge in [-0.3, -0.25) is 9.69 Å². The Morgan fingerprint density at radius 1 is 1.47 bits per heavy atom. The Balaban J connectivity index is 0.000000451.